The highest BCUT2D eigenvalue weighted by molar-refractivity contribution is 6.65. The van der Waals surface area contributed by atoms with Crippen molar-refractivity contribution in [3.63, 3.8) is 0 Å². The summed E-state index contributed by atoms with van der Waals surface area (Å²) in [5.41, 5.74) is 0. The lowest BCUT2D eigenvalue weighted by Crippen LogP contribution is -2.45. The summed E-state index contributed by atoms with van der Waals surface area (Å²) in [6.45, 7) is -0.0557. The van der Waals surface area contributed by atoms with E-state index in [0.717, 1.165) is 4.90 Å². The molecule has 0 aromatic heterocycles. The molecule has 0 radical (unpaired) electrons. The third-order valence-corrected chi connectivity index (χ3v) is 2.24. The second-order valence-corrected chi connectivity index (χ2v) is 3.31. The number of hydrogen-bond acceptors (Lipinski definition) is 4. The number of amides is 2. The summed E-state index contributed by atoms with van der Waals surface area (Å²) in [4.78, 5) is 34.3. The van der Waals surface area contributed by atoms with Gasteiger partial charge in [0, 0.05) is 20.0 Å². The third-order valence-electron chi connectivity index (χ3n) is 1.99. The topological polar surface area (TPSA) is 63.7 Å². The summed E-state index contributed by atoms with van der Waals surface area (Å²) >= 11 is 5.27. The van der Waals surface area contributed by atoms with Crippen molar-refractivity contribution in [2.24, 2.45) is 0 Å². The van der Waals surface area contributed by atoms with Crippen molar-refractivity contribution in [1.29, 1.82) is 0 Å². The van der Waals surface area contributed by atoms with E-state index in [1.807, 2.05) is 0 Å². The van der Waals surface area contributed by atoms with E-state index in [4.69, 9.17) is 16.3 Å². The van der Waals surface area contributed by atoms with Crippen LogP contribution in [0.25, 0.3) is 0 Å². The summed E-state index contributed by atoms with van der Waals surface area (Å²) in [5, 5.41) is -0.754. The Labute approximate surface area is 85.9 Å². The molecule has 0 aromatic carbocycles. The molecule has 1 rings (SSSR count). The van der Waals surface area contributed by atoms with Crippen molar-refractivity contribution in [3.8, 4) is 0 Å². The molecule has 5 nitrogen and oxygen atoms in total. The molecule has 1 atom stereocenters. The standard InChI is InChI=1S/C8H10ClNO4/c1-14-4-5(8(9)13)10-6(11)2-3-7(10)12/h5H,2-4H2,1H3. The average molecular weight is 220 g/mol. The maximum atomic E-state index is 11.2. The highest BCUT2D eigenvalue weighted by Gasteiger charge is 2.37. The van der Waals surface area contributed by atoms with Crippen LogP contribution in [0.5, 0.6) is 0 Å². The third kappa shape index (κ3) is 2.10. The summed E-state index contributed by atoms with van der Waals surface area (Å²) < 4.78 is 4.72. The minimum atomic E-state index is -0.982. The summed E-state index contributed by atoms with van der Waals surface area (Å²) in [6.07, 6.45) is 0.284. The Bertz CT molecular complexity index is 263. The Morgan fingerprint density at radius 3 is 2.36 bits per heavy atom. The van der Waals surface area contributed by atoms with Gasteiger partial charge in [0.15, 0.2) is 0 Å². The number of ether oxygens (including phenoxy) is 1. The summed E-state index contributed by atoms with van der Waals surface area (Å²) in [6, 6.07) is -0.982. The normalized spacial score (nSPS) is 18.9. The lowest BCUT2D eigenvalue weighted by atomic mass is 10.3. The first kappa shape index (κ1) is 11.1. The zero-order valence-electron chi connectivity index (χ0n) is 7.66. The molecule has 2 amide bonds. The Hall–Kier alpha value is -0.940. The molecule has 1 aliphatic rings. The Morgan fingerprint density at radius 2 is 2.00 bits per heavy atom. The first-order chi connectivity index (χ1) is 6.57. The van der Waals surface area contributed by atoms with Crippen LogP contribution in [0, 0.1) is 0 Å². The predicted octanol–water partition coefficient (Wildman–Crippen LogP) is -0.0842. The van der Waals surface area contributed by atoms with Crippen LogP contribution in [-0.2, 0) is 19.1 Å². The van der Waals surface area contributed by atoms with Gasteiger partial charge in [-0.25, -0.2) is 0 Å². The van der Waals surface area contributed by atoms with Crippen molar-refractivity contribution in [2.75, 3.05) is 13.7 Å². The van der Waals surface area contributed by atoms with E-state index < -0.39 is 11.3 Å². The molecule has 1 heterocycles. The molecule has 1 fully saturated rings. The van der Waals surface area contributed by atoms with Gasteiger partial charge < -0.3 is 4.74 Å². The highest BCUT2D eigenvalue weighted by Crippen LogP contribution is 2.17. The molecule has 1 saturated heterocycles. The molecule has 0 aromatic rings. The van der Waals surface area contributed by atoms with E-state index in [2.05, 4.69) is 0 Å². The zero-order valence-corrected chi connectivity index (χ0v) is 8.41. The lowest BCUT2D eigenvalue weighted by Gasteiger charge is -2.21. The molecule has 1 aliphatic heterocycles. The van der Waals surface area contributed by atoms with Gasteiger partial charge in [-0.1, -0.05) is 0 Å². The van der Waals surface area contributed by atoms with Gasteiger partial charge in [-0.15, -0.1) is 0 Å². The molecule has 0 bridgehead atoms. The maximum absolute atomic E-state index is 11.2. The van der Waals surface area contributed by atoms with Gasteiger partial charge in [0.2, 0.25) is 17.1 Å². The van der Waals surface area contributed by atoms with Gasteiger partial charge in [-0.05, 0) is 11.6 Å². The minimum absolute atomic E-state index is 0.0557. The van der Waals surface area contributed by atoms with E-state index in [1.165, 1.54) is 7.11 Å². The van der Waals surface area contributed by atoms with Gasteiger partial charge >= 0.3 is 0 Å². The van der Waals surface area contributed by atoms with E-state index >= 15 is 0 Å². The molecule has 0 aliphatic carbocycles. The van der Waals surface area contributed by atoms with Gasteiger partial charge in [-0.2, -0.15) is 0 Å². The van der Waals surface area contributed by atoms with Crippen LogP contribution < -0.4 is 0 Å². The molecule has 0 spiro atoms. The van der Waals surface area contributed by atoms with Crippen LogP contribution in [0.4, 0.5) is 0 Å². The molecule has 0 N–H and O–H groups in total. The Balaban J connectivity index is 2.81. The van der Waals surface area contributed by atoms with E-state index in [0.29, 0.717) is 0 Å². The molecular formula is C8H10ClNO4. The first-order valence-corrected chi connectivity index (χ1v) is 4.49. The van der Waals surface area contributed by atoms with E-state index in [-0.39, 0.29) is 31.3 Å². The number of halogens is 1. The van der Waals surface area contributed by atoms with Crippen molar-refractivity contribution in [1.82, 2.24) is 4.90 Å². The fraction of sp³-hybridized carbons (Fsp3) is 0.625. The molecule has 78 valence electrons. The van der Waals surface area contributed by atoms with Crippen molar-refractivity contribution in [2.45, 2.75) is 18.9 Å². The number of methoxy groups -OCH3 is 1. The largest absolute Gasteiger partial charge is 0.382 e. The average Bonchev–Trinajstić information content (AvgIpc) is 2.43. The zero-order chi connectivity index (χ0) is 10.7. The van der Waals surface area contributed by atoms with Crippen LogP contribution in [0.1, 0.15) is 12.8 Å². The predicted molar refractivity (Wildman–Crippen MR) is 47.6 cm³/mol. The smallest absolute Gasteiger partial charge is 0.247 e. The van der Waals surface area contributed by atoms with Gasteiger partial charge in [-0.3, -0.25) is 19.3 Å². The first-order valence-electron chi connectivity index (χ1n) is 4.11. The quantitative estimate of drug-likeness (QED) is 0.490. The van der Waals surface area contributed by atoms with Crippen LogP contribution in [0.15, 0.2) is 0 Å². The van der Waals surface area contributed by atoms with Crippen LogP contribution in [-0.4, -0.2) is 41.7 Å². The SMILES string of the molecule is COCC(C(=O)Cl)N1C(=O)CCC1=O. The fourth-order valence-electron chi connectivity index (χ4n) is 1.34. The number of hydrogen-bond donors (Lipinski definition) is 0. The number of nitrogens with zero attached hydrogens (tertiary/aromatic N) is 1. The lowest BCUT2D eigenvalue weighted by molar-refractivity contribution is -0.145. The molecule has 0 saturated carbocycles. The van der Waals surface area contributed by atoms with Crippen molar-refractivity contribution < 1.29 is 19.1 Å². The Morgan fingerprint density at radius 1 is 1.50 bits per heavy atom. The number of likely N-dealkylation sites (tertiary alicyclic amines) is 1. The number of imide groups is 1. The minimum Gasteiger partial charge on any atom is -0.382 e. The summed E-state index contributed by atoms with van der Waals surface area (Å²) in [7, 11) is 1.37. The number of carbonyl (C=O) groups is 3. The summed E-state index contributed by atoms with van der Waals surface area (Å²) in [5.74, 6) is -0.739. The van der Waals surface area contributed by atoms with E-state index in [9.17, 15) is 14.4 Å². The van der Waals surface area contributed by atoms with Crippen molar-refractivity contribution >= 4 is 28.7 Å². The van der Waals surface area contributed by atoms with E-state index in [1.54, 1.807) is 0 Å². The fourth-order valence-corrected chi connectivity index (χ4v) is 1.50. The van der Waals surface area contributed by atoms with Crippen LogP contribution in [0.3, 0.4) is 0 Å². The molecular weight excluding hydrogens is 210 g/mol. The number of rotatable bonds is 4. The van der Waals surface area contributed by atoms with Gasteiger partial charge in [0.1, 0.15) is 6.04 Å². The van der Waals surface area contributed by atoms with Crippen molar-refractivity contribution in [3.05, 3.63) is 0 Å². The highest BCUT2D eigenvalue weighted by atomic mass is 35.5. The second kappa shape index (κ2) is 4.52. The van der Waals surface area contributed by atoms with Crippen LogP contribution >= 0.6 is 11.6 Å². The number of carbonyl (C=O) groups excluding carboxylic acids is 3. The molecule has 6 heteroatoms. The molecule has 1 unspecified atom stereocenters. The van der Waals surface area contributed by atoms with Crippen LogP contribution in [0.2, 0.25) is 0 Å². The van der Waals surface area contributed by atoms with Gasteiger partial charge in [0.05, 0.1) is 6.61 Å². The van der Waals surface area contributed by atoms with Gasteiger partial charge in [0.25, 0.3) is 0 Å². The molecule has 14 heavy (non-hydrogen) atoms. The second-order valence-electron chi connectivity index (χ2n) is 2.93. The monoisotopic (exact) mass is 219 g/mol. The Kier molecular flexibility index (Phi) is 3.60. The maximum Gasteiger partial charge on any atom is 0.247 e.